The van der Waals surface area contributed by atoms with Crippen LogP contribution in [0.4, 0.5) is 5.13 Å². The molecule has 0 aromatic carbocycles. The molecule has 1 saturated heterocycles. The van der Waals surface area contributed by atoms with Crippen molar-refractivity contribution >= 4 is 28.3 Å². The van der Waals surface area contributed by atoms with Crippen LogP contribution in [0, 0.1) is 12.8 Å². The van der Waals surface area contributed by atoms with Crippen LogP contribution in [0.15, 0.2) is 41.1 Å². The highest BCUT2D eigenvalue weighted by molar-refractivity contribution is 7.13. The molecule has 3 heterocycles. The lowest BCUT2D eigenvalue weighted by atomic mass is 9.92. The van der Waals surface area contributed by atoms with Crippen molar-refractivity contribution in [3.63, 3.8) is 0 Å². The molecular weight excluding hydrogens is 422 g/mol. The highest BCUT2D eigenvalue weighted by atomic mass is 32.1. The Morgan fingerprint density at radius 1 is 1.19 bits per heavy atom. The molecule has 170 valence electrons. The summed E-state index contributed by atoms with van der Waals surface area (Å²) in [7, 11) is 1.63. The number of rotatable bonds is 6. The number of carbonyl (C=O) groups is 2. The van der Waals surface area contributed by atoms with Gasteiger partial charge in [0.15, 0.2) is 5.13 Å². The Balaban J connectivity index is 1.47. The van der Waals surface area contributed by atoms with Gasteiger partial charge in [0.25, 0.3) is 5.91 Å². The molecule has 32 heavy (non-hydrogen) atoms. The van der Waals surface area contributed by atoms with E-state index >= 15 is 0 Å². The summed E-state index contributed by atoms with van der Waals surface area (Å²) in [6.07, 6.45) is 9.97. The Hall–Kier alpha value is -2.87. The number of aromatic nitrogens is 2. The van der Waals surface area contributed by atoms with Crippen LogP contribution in [-0.2, 0) is 11.3 Å². The van der Waals surface area contributed by atoms with Gasteiger partial charge in [-0.05, 0) is 50.3 Å². The molecule has 8 heteroatoms. The molecule has 4 rings (SSSR count). The number of piperidine rings is 1. The van der Waals surface area contributed by atoms with Crippen LogP contribution in [0.25, 0.3) is 0 Å². The minimum Gasteiger partial charge on any atom is -0.355 e. The number of allylic oxidation sites excluding steroid dienone is 3. The zero-order chi connectivity index (χ0) is 22.7. The molecule has 2 amide bonds. The summed E-state index contributed by atoms with van der Waals surface area (Å²) in [5.74, 6) is -0.152. The third-order valence-electron chi connectivity index (χ3n) is 6.06. The predicted octanol–water partition coefficient (Wildman–Crippen LogP) is 3.62. The van der Waals surface area contributed by atoms with Gasteiger partial charge in [-0.3, -0.25) is 9.59 Å². The number of hydrogen-bond acceptors (Lipinski definition) is 5. The summed E-state index contributed by atoms with van der Waals surface area (Å²) in [5.41, 5.74) is 4.18. The van der Waals surface area contributed by atoms with Crippen molar-refractivity contribution < 1.29 is 9.59 Å². The number of likely N-dealkylation sites (N-methyl/N-ethyl adjacent to an activating group) is 1. The maximum atomic E-state index is 13.1. The molecule has 1 aliphatic heterocycles. The molecule has 1 atom stereocenters. The van der Waals surface area contributed by atoms with Gasteiger partial charge >= 0.3 is 0 Å². The molecule has 0 saturated carbocycles. The lowest BCUT2D eigenvalue weighted by molar-refractivity contribution is -0.117. The van der Waals surface area contributed by atoms with E-state index in [2.05, 4.69) is 20.9 Å². The van der Waals surface area contributed by atoms with Crippen LogP contribution in [0.2, 0.25) is 0 Å². The largest absolute Gasteiger partial charge is 0.355 e. The third kappa shape index (κ3) is 4.96. The van der Waals surface area contributed by atoms with Crippen LogP contribution >= 0.6 is 11.3 Å². The Morgan fingerprint density at radius 2 is 1.97 bits per heavy atom. The van der Waals surface area contributed by atoms with E-state index in [4.69, 9.17) is 4.98 Å². The molecular formula is C24H31N5O2S. The van der Waals surface area contributed by atoms with Crippen LogP contribution in [0.5, 0.6) is 0 Å². The minimum atomic E-state index is -0.139. The zero-order valence-electron chi connectivity index (χ0n) is 19.0. The van der Waals surface area contributed by atoms with Gasteiger partial charge in [0, 0.05) is 48.9 Å². The first-order valence-corrected chi connectivity index (χ1v) is 12.1. The highest BCUT2D eigenvalue weighted by Gasteiger charge is 2.22. The van der Waals surface area contributed by atoms with Gasteiger partial charge in [-0.1, -0.05) is 13.0 Å². The third-order valence-corrected chi connectivity index (χ3v) is 7.01. The van der Waals surface area contributed by atoms with Crippen molar-refractivity contribution in [2.75, 3.05) is 25.0 Å². The Bertz CT molecular complexity index is 1060. The predicted molar refractivity (Wildman–Crippen MR) is 128 cm³/mol. The fourth-order valence-electron chi connectivity index (χ4n) is 4.30. The molecule has 2 N–H and O–H groups in total. The maximum absolute atomic E-state index is 13.1. The van der Waals surface area contributed by atoms with Crippen molar-refractivity contribution in [2.24, 2.45) is 5.92 Å². The van der Waals surface area contributed by atoms with E-state index in [1.807, 2.05) is 36.8 Å². The first-order valence-electron chi connectivity index (χ1n) is 11.2. The van der Waals surface area contributed by atoms with E-state index in [9.17, 15) is 9.59 Å². The van der Waals surface area contributed by atoms with Crippen LogP contribution in [0.1, 0.15) is 54.4 Å². The Labute approximate surface area is 193 Å². The molecule has 2 aromatic heterocycles. The number of aryl methyl sites for hydroxylation is 1. The van der Waals surface area contributed by atoms with Crippen molar-refractivity contribution in [1.82, 2.24) is 20.2 Å². The molecule has 2 aliphatic rings. The van der Waals surface area contributed by atoms with E-state index in [0.717, 1.165) is 40.7 Å². The summed E-state index contributed by atoms with van der Waals surface area (Å²) in [5, 5.41) is 8.89. The lowest BCUT2D eigenvalue weighted by Crippen LogP contribution is -2.31. The molecule has 7 nitrogen and oxygen atoms in total. The summed E-state index contributed by atoms with van der Waals surface area (Å²) in [6.45, 7) is 6.73. The smallest absolute Gasteiger partial charge is 0.272 e. The fourth-order valence-corrected chi connectivity index (χ4v) is 5.17. The number of thiazole rings is 1. The van der Waals surface area contributed by atoms with E-state index in [0.29, 0.717) is 18.7 Å². The average molecular weight is 454 g/mol. The van der Waals surface area contributed by atoms with Crippen LogP contribution in [-0.4, -0.2) is 41.5 Å². The molecule has 0 radical (unpaired) electrons. The second kappa shape index (κ2) is 9.73. The summed E-state index contributed by atoms with van der Waals surface area (Å²) < 4.78 is 1.97. The number of anilines is 1. The van der Waals surface area contributed by atoms with Gasteiger partial charge in [-0.15, -0.1) is 11.3 Å². The van der Waals surface area contributed by atoms with E-state index in [1.54, 1.807) is 24.5 Å². The van der Waals surface area contributed by atoms with E-state index < -0.39 is 0 Å². The second-order valence-corrected chi connectivity index (χ2v) is 9.49. The minimum absolute atomic E-state index is 0.0615. The van der Waals surface area contributed by atoms with Crippen molar-refractivity contribution in [3.05, 3.63) is 58.0 Å². The van der Waals surface area contributed by atoms with Gasteiger partial charge in [0.05, 0.1) is 12.2 Å². The van der Waals surface area contributed by atoms with E-state index in [1.165, 1.54) is 19.3 Å². The zero-order valence-corrected chi connectivity index (χ0v) is 19.8. The number of carbonyl (C=O) groups excluding carboxylic acids is 2. The quantitative estimate of drug-likeness (QED) is 0.700. The van der Waals surface area contributed by atoms with Gasteiger partial charge < -0.3 is 20.1 Å². The second-order valence-electron chi connectivity index (χ2n) is 8.65. The van der Waals surface area contributed by atoms with Crippen molar-refractivity contribution in [2.45, 2.75) is 46.1 Å². The number of amides is 2. The Morgan fingerprint density at radius 3 is 2.69 bits per heavy atom. The standard InChI is InChI=1S/C24H31N5O2S/c1-16-11-21(23(31)27-20-8-7-18(12-17(20)2)22(30)25-3)29(13-16)14-19-15-32-24(26-19)28-9-5-4-6-10-28/h7-8,11,13,15,17H,4-6,9-10,12,14H2,1-3H3,(H,25,30)(H,27,31). The van der Waals surface area contributed by atoms with Gasteiger partial charge in [-0.25, -0.2) is 4.98 Å². The Kier molecular flexibility index (Phi) is 6.79. The SMILES string of the molecule is CNC(=O)C1=CC=C(NC(=O)c2cc(C)cn2Cc2csc(N3CCCCC3)n2)C(C)C1. The van der Waals surface area contributed by atoms with Crippen LogP contribution < -0.4 is 15.5 Å². The molecule has 1 aliphatic carbocycles. The number of nitrogens with zero attached hydrogens (tertiary/aromatic N) is 3. The van der Waals surface area contributed by atoms with Gasteiger partial charge in [0.2, 0.25) is 5.91 Å². The fraction of sp³-hybridized carbons (Fsp3) is 0.458. The molecule has 2 aromatic rings. The molecule has 1 fully saturated rings. The lowest BCUT2D eigenvalue weighted by Gasteiger charge is -2.25. The molecule has 0 spiro atoms. The van der Waals surface area contributed by atoms with Crippen LogP contribution in [0.3, 0.4) is 0 Å². The van der Waals surface area contributed by atoms with E-state index in [-0.39, 0.29) is 17.7 Å². The number of nitrogens with one attached hydrogen (secondary N) is 2. The summed E-state index contributed by atoms with van der Waals surface area (Å²) in [6, 6.07) is 1.91. The summed E-state index contributed by atoms with van der Waals surface area (Å²) in [4.78, 5) is 32.2. The van der Waals surface area contributed by atoms with Gasteiger partial charge in [0.1, 0.15) is 5.69 Å². The molecule has 0 bridgehead atoms. The summed E-state index contributed by atoms with van der Waals surface area (Å²) >= 11 is 1.68. The van der Waals surface area contributed by atoms with Crippen molar-refractivity contribution in [3.8, 4) is 0 Å². The van der Waals surface area contributed by atoms with Crippen molar-refractivity contribution in [1.29, 1.82) is 0 Å². The topological polar surface area (TPSA) is 79.3 Å². The highest BCUT2D eigenvalue weighted by Crippen LogP contribution is 2.26. The first kappa shape index (κ1) is 22.3. The normalized spacial score (nSPS) is 18.7. The number of hydrogen-bond donors (Lipinski definition) is 2. The maximum Gasteiger partial charge on any atom is 0.272 e. The average Bonchev–Trinajstić information content (AvgIpc) is 3.41. The van der Waals surface area contributed by atoms with Gasteiger partial charge in [-0.2, -0.15) is 0 Å². The first-order chi connectivity index (χ1) is 15.4. The monoisotopic (exact) mass is 453 g/mol. The molecule has 1 unspecified atom stereocenters.